The third-order valence-electron chi connectivity index (χ3n) is 2.66. The lowest BCUT2D eigenvalue weighted by molar-refractivity contribution is -0.154. The summed E-state index contributed by atoms with van der Waals surface area (Å²) in [5.74, 6) is -1.81. The van der Waals surface area contributed by atoms with E-state index >= 15 is 0 Å². The Hall–Kier alpha value is -2.51. The number of nitrogens with zero attached hydrogens (tertiary/aromatic N) is 2. The zero-order valence-electron chi connectivity index (χ0n) is 13.8. The number of aryl methyl sites for hydroxylation is 1. The fourth-order valence-corrected chi connectivity index (χ4v) is 1.72. The fourth-order valence-electron chi connectivity index (χ4n) is 1.72. The molecule has 23 heavy (non-hydrogen) atoms. The molecule has 0 aliphatic carbocycles. The third kappa shape index (κ3) is 5.65. The van der Waals surface area contributed by atoms with Crippen molar-refractivity contribution in [2.45, 2.75) is 39.2 Å². The van der Waals surface area contributed by atoms with Crippen LogP contribution in [0, 0.1) is 0 Å². The van der Waals surface area contributed by atoms with Crippen LogP contribution in [0.25, 0.3) is 0 Å². The Morgan fingerprint density at radius 2 is 1.65 bits per heavy atom. The zero-order valence-corrected chi connectivity index (χ0v) is 13.8. The Labute approximate surface area is 134 Å². The summed E-state index contributed by atoms with van der Waals surface area (Å²) >= 11 is 0. The van der Waals surface area contributed by atoms with Crippen LogP contribution in [0.1, 0.15) is 53.7 Å². The first-order valence-corrected chi connectivity index (χ1v) is 6.93. The minimum absolute atomic E-state index is 0.0214. The molecule has 1 aromatic heterocycles. The number of rotatable bonds is 5. The van der Waals surface area contributed by atoms with E-state index in [1.54, 1.807) is 20.8 Å². The number of hydrogen-bond donors (Lipinski definition) is 0. The number of methoxy groups -OCH3 is 2. The predicted molar refractivity (Wildman–Crippen MR) is 78.9 cm³/mol. The second kappa shape index (κ2) is 7.66. The number of carbonyl (C=O) groups excluding carboxylic acids is 3. The molecule has 0 aliphatic heterocycles. The molecule has 0 radical (unpaired) electrons. The van der Waals surface area contributed by atoms with Crippen molar-refractivity contribution in [3.63, 3.8) is 0 Å². The molecule has 8 heteroatoms. The fraction of sp³-hybridized carbons (Fsp3) is 0.533. The first kappa shape index (κ1) is 18.5. The molecule has 0 bridgehead atoms. The van der Waals surface area contributed by atoms with Crippen LogP contribution in [0.3, 0.4) is 0 Å². The van der Waals surface area contributed by atoms with Gasteiger partial charge in [-0.15, -0.1) is 10.2 Å². The smallest absolute Gasteiger partial charge is 0.358 e. The average Bonchev–Trinajstić information content (AvgIpc) is 2.49. The van der Waals surface area contributed by atoms with Gasteiger partial charge >= 0.3 is 17.9 Å². The van der Waals surface area contributed by atoms with Gasteiger partial charge in [-0.1, -0.05) is 0 Å². The summed E-state index contributed by atoms with van der Waals surface area (Å²) in [6.45, 7) is 5.27. The second-order valence-electron chi connectivity index (χ2n) is 5.67. The maximum absolute atomic E-state index is 11.8. The van der Waals surface area contributed by atoms with Crippen molar-refractivity contribution in [1.82, 2.24) is 10.2 Å². The van der Waals surface area contributed by atoms with Crippen molar-refractivity contribution >= 4 is 17.9 Å². The molecule has 0 spiro atoms. The van der Waals surface area contributed by atoms with E-state index in [4.69, 9.17) is 4.74 Å². The molecule has 0 N–H and O–H groups in total. The quantitative estimate of drug-likeness (QED) is 0.590. The molecule has 126 valence electrons. The molecule has 0 atom stereocenters. The minimum Gasteiger partial charge on any atom is -0.464 e. The van der Waals surface area contributed by atoms with Crippen LogP contribution < -0.4 is 0 Å². The first-order valence-electron chi connectivity index (χ1n) is 6.93. The van der Waals surface area contributed by atoms with E-state index in [0.717, 1.165) is 0 Å². The Morgan fingerprint density at radius 1 is 1.04 bits per heavy atom. The molecule has 1 rings (SSSR count). The van der Waals surface area contributed by atoms with Gasteiger partial charge in [-0.3, -0.25) is 4.79 Å². The molecule has 0 aromatic carbocycles. The van der Waals surface area contributed by atoms with Crippen LogP contribution in [0.5, 0.6) is 0 Å². The van der Waals surface area contributed by atoms with Gasteiger partial charge in [-0.25, -0.2) is 9.59 Å². The highest BCUT2D eigenvalue weighted by Crippen LogP contribution is 2.14. The lowest BCUT2D eigenvalue weighted by atomic mass is 10.1. The van der Waals surface area contributed by atoms with Crippen LogP contribution in [0.2, 0.25) is 0 Å². The topological polar surface area (TPSA) is 105 Å². The Kier molecular flexibility index (Phi) is 6.18. The number of hydrogen-bond acceptors (Lipinski definition) is 8. The van der Waals surface area contributed by atoms with Gasteiger partial charge in [0.15, 0.2) is 11.4 Å². The highest BCUT2D eigenvalue weighted by molar-refractivity contribution is 5.91. The average molecular weight is 324 g/mol. The largest absolute Gasteiger partial charge is 0.464 e. The van der Waals surface area contributed by atoms with Gasteiger partial charge in [-0.2, -0.15) is 0 Å². The summed E-state index contributed by atoms with van der Waals surface area (Å²) in [6, 6.07) is 1.36. The van der Waals surface area contributed by atoms with Gasteiger partial charge < -0.3 is 14.2 Å². The number of carbonyl (C=O) groups is 3. The number of esters is 3. The minimum atomic E-state index is -0.701. The van der Waals surface area contributed by atoms with Crippen LogP contribution >= 0.6 is 0 Å². The maximum atomic E-state index is 11.8. The summed E-state index contributed by atoms with van der Waals surface area (Å²) in [5.41, 5.74) is -0.350. The monoisotopic (exact) mass is 324 g/mol. The summed E-state index contributed by atoms with van der Waals surface area (Å²) in [5, 5.41) is 7.32. The molecule has 0 amide bonds. The Balaban J connectivity index is 2.98. The Bertz CT molecular complexity index is 606. The molecule has 0 saturated carbocycles. The van der Waals surface area contributed by atoms with E-state index in [9.17, 15) is 14.4 Å². The van der Waals surface area contributed by atoms with Crippen molar-refractivity contribution < 1.29 is 28.6 Å². The van der Waals surface area contributed by atoms with Crippen LogP contribution in [0.15, 0.2) is 6.07 Å². The van der Waals surface area contributed by atoms with Crippen molar-refractivity contribution in [3.8, 4) is 0 Å². The summed E-state index contributed by atoms with van der Waals surface area (Å²) < 4.78 is 14.4. The number of aromatic nitrogens is 2. The van der Waals surface area contributed by atoms with E-state index in [1.165, 1.54) is 20.3 Å². The molecule has 1 heterocycles. The lowest BCUT2D eigenvalue weighted by Gasteiger charge is -2.19. The normalized spacial score (nSPS) is 10.8. The third-order valence-corrected chi connectivity index (χ3v) is 2.66. The lowest BCUT2D eigenvalue weighted by Crippen LogP contribution is -2.24. The highest BCUT2D eigenvalue weighted by Gasteiger charge is 2.21. The number of ether oxygens (including phenoxy) is 3. The molecule has 0 saturated heterocycles. The van der Waals surface area contributed by atoms with Crippen LogP contribution in [0.4, 0.5) is 0 Å². The maximum Gasteiger partial charge on any atom is 0.358 e. The highest BCUT2D eigenvalue weighted by atomic mass is 16.6. The van der Waals surface area contributed by atoms with Gasteiger partial charge in [0.1, 0.15) is 5.60 Å². The molecule has 0 unspecified atom stereocenters. The summed E-state index contributed by atoms with van der Waals surface area (Å²) in [6.07, 6.45) is 0.173. The summed E-state index contributed by atoms with van der Waals surface area (Å²) in [7, 11) is 2.41. The predicted octanol–water partition coefficient (Wildman–Crippen LogP) is 1.32. The van der Waals surface area contributed by atoms with Gasteiger partial charge in [0, 0.05) is 6.42 Å². The van der Waals surface area contributed by atoms with Crippen LogP contribution in [-0.4, -0.2) is 47.9 Å². The molecule has 1 aromatic rings. The van der Waals surface area contributed by atoms with E-state index in [2.05, 4.69) is 19.7 Å². The molecule has 0 aliphatic rings. The molecule has 0 fully saturated rings. The standard InChI is InChI=1S/C15H20N2O6/c1-15(2,3)23-11(18)7-6-9-8-10(13(19)21-4)16-17-12(9)14(20)22-5/h8H,6-7H2,1-5H3. The van der Waals surface area contributed by atoms with Gasteiger partial charge in [-0.05, 0) is 38.8 Å². The molecular weight excluding hydrogens is 304 g/mol. The van der Waals surface area contributed by atoms with Crippen molar-refractivity contribution in [2.75, 3.05) is 14.2 Å². The zero-order chi connectivity index (χ0) is 17.6. The molecular formula is C15H20N2O6. The summed E-state index contributed by atoms with van der Waals surface area (Å²) in [4.78, 5) is 35.0. The van der Waals surface area contributed by atoms with Gasteiger partial charge in [0.2, 0.25) is 0 Å². The van der Waals surface area contributed by atoms with E-state index in [1.807, 2.05) is 0 Å². The second-order valence-corrected chi connectivity index (χ2v) is 5.67. The first-order chi connectivity index (χ1) is 10.7. The van der Waals surface area contributed by atoms with Gasteiger partial charge in [0.25, 0.3) is 0 Å². The Morgan fingerprint density at radius 3 is 2.17 bits per heavy atom. The van der Waals surface area contributed by atoms with Crippen LogP contribution in [-0.2, 0) is 25.4 Å². The van der Waals surface area contributed by atoms with Crippen molar-refractivity contribution in [3.05, 3.63) is 23.0 Å². The van der Waals surface area contributed by atoms with E-state index < -0.39 is 23.5 Å². The SMILES string of the molecule is COC(=O)c1cc(CCC(=O)OC(C)(C)C)c(C(=O)OC)nn1. The van der Waals surface area contributed by atoms with E-state index in [0.29, 0.717) is 5.56 Å². The van der Waals surface area contributed by atoms with Crippen molar-refractivity contribution in [2.24, 2.45) is 0 Å². The van der Waals surface area contributed by atoms with Gasteiger partial charge in [0.05, 0.1) is 14.2 Å². The van der Waals surface area contributed by atoms with E-state index in [-0.39, 0.29) is 24.2 Å². The van der Waals surface area contributed by atoms with Crippen molar-refractivity contribution in [1.29, 1.82) is 0 Å². The molecule has 8 nitrogen and oxygen atoms in total.